The zero-order valence-electron chi connectivity index (χ0n) is 5.84. The molecule has 0 aliphatic carbocycles. The fourth-order valence-electron chi connectivity index (χ4n) is 0.733. The molecule has 0 spiro atoms. The number of thioether (sulfide) groups is 1. The molecule has 0 amide bonds. The first-order valence-corrected chi connectivity index (χ1v) is 5.15. The van der Waals surface area contributed by atoms with E-state index >= 15 is 0 Å². The van der Waals surface area contributed by atoms with Gasteiger partial charge in [0, 0.05) is 5.75 Å². The first kappa shape index (κ1) is 9.24. The van der Waals surface area contributed by atoms with Gasteiger partial charge in [0.05, 0.1) is 0 Å². The van der Waals surface area contributed by atoms with Crippen molar-refractivity contribution >= 4 is 35.0 Å². The first-order chi connectivity index (χ1) is 5.29. The Morgan fingerprint density at radius 3 is 2.36 bits per heavy atom. The fourth-order valence-corrected chi connectivity index (χ4v) is 1.62. The second kappa shape index (κ2) is 4.91. The Bertz CT molecular complexity index is 199. The van der Waals surface area contributed by atoms with Crippen LogP contribution in [0.5, 0.6) is 0 Å². The van der Waals surface area contributed by atoms with E-state index in [1.54, 1.807) is 0 Å². The van der Waals surface area contributed by atoms with Crippen LogP contribution in [0.3, 0.4) is 0 Å². The molecule has 0 unspecified atom stereocenters. The van der Waals surface area contributed by atoms with E-state index in [0.717, 1.165) is 5.75 Å². The summed E-state index contributed by atoms with van der Waals surface area (Å²) in [4.78, 5) is 0. The highest BCUT2D eigenvalue weighted by Gasteiger charge is 1.98. The van der Waals surface area contributed by atoms with Crippen LogP contribution in [0.2, 0.25) is 0 Å². The van der Waals surface area contributed by atoms with Crippen LogP contribution in [-0.4, -0.2) is 4.17 Å². The van der Waals surface area contributed by atoms with Gasteiger partial charge in [-0.15, -0.1) is 11.8 Å². The van der Waals surface area contributed by atoms with Gasteiger partial charge in [0.25, 0.3) is 0 Å². The molecule has 0 N–H and O–H groups in total. The molecule has 0 saturated carbocycles. The molecule has 0 aromatic heterocycles. The Hall–Kier alpha value is 0.150. The minimum Gasteiger partial charge on any atom is -0.122 e. The Balaban J connectivity index is 2.39. The zero-order valence-corrected chi connectivity index (χ0v) is 8.16. The maximum absolute atomic E-state index is 5.56. The molecule has 0 aliphatic rings. The third kappa shape index (κ3) is 3.90. The molecule has 0 atom stereocenters. The van der Waals surface area contributed by atoms with E-state index in [9.17, 15) is 0 Å². The van der Waals surface area contributed by atoms with Crippen LogP contribution in [0.1, 0.15) is 5.56 Å². The molecule has 60 valence electrons. The van der Waals surface area contributed by atoms with Gasteiger partial charge in [-0.05, 0) is 5.56 Å². The average molecular weight is 207 g/mol. The molecule has 0 aliphatic heterocycles. The van der Waals surface area contributed by atoms with Crippen LogP contribution in [-0.2, 0) is 5.75 Å². The Kier molecular flexibility index (Phi) is 4.13. The van der Waals surface area contributed by atoms with Crippen molar-refractivity contribution in [2.24, 2.45) is 0 Å². The molecule has 0 nitrogen and oxygen atoms in total. The van der Waals surface area contributed by atoms with Crippen molar-refractivity contribution in [1.82, 2.24) is 0 Å². The molecule has 3 heteroatoms. The number of halogens is 2. The predicted octanol–water partition coefficient (Wildman–Crippen LogP) is 3.68. The van der Waals surface area contributed by atoms with Crippen molar-refractivity contribution in [3.63, 3.8) is 0 Å². The number of hydrogen-bond acceptors (Lipinski definition) is 1. The normalized spacial score (nSPS) is 10.5. The van der Waals surface area contributed by atoms with Gasteiger partial charge in [0.1, 0.15) is 0 Å². The smallest absolute Gasteiger partial charge is 0.122 e. The monoisotopic (exact) mass is 206 g/mol. The molecule has 1 rings (SSSR count). The molecule has 11 heavy (non-hydrogen) atoms. The Labute approximate surface area is 80.9 Å². The van der Waals surface area contributed by atoms with Gasteiger partial charge in [0.2, 0.25) is 0 Å². The third-order valence-corrected chi connectivity index (χ3v) is 2.73. The average Bonchev–Trinajstić information content (AvgIpc) is 2.03. The maximum atomic E-state index is 5.56. The highest BCUT2D eigenvalue weighted by molar-refractivity contribution is 8.01. The number of rotatable bonds is 3. The number of benzene rings is 1. The highest BCUT2D eigenvalue weighted by atomic mass is 35.5. The molecule has 1 aromatic rings. The second-order valence-corrected chi connectivity index (χ2v) is 4.76. The molecular weight excluding hydrogens is 199 g/mol. The SMILES string of the molecule is ClC(Cl)SCc1ccccc1. The molecule has 0 fully saturated rings. The first-order valence-electron chi connectivity index (χ1n) is 3.23. The quantitative estimate of drug-likeness (QED) is 0.681. The Morgan fingerprint density at radius 2 is 1.82 bits per heavy atom. The van der Waals surface area contributed by atoms with Crippen molar-refractivity contribution in [3.8, 4) is 0 Å². The van der Waals surface area contributed by atoms with Crippen molar-refractivity contribution in [3.05, 3.63) is 35.9 Å². The predicted molar refractivity (Wildman–Crippen MR) is 53.2 cm³/mol. The number of alkyl halides is 2. The van der Waals surface area contributed by atoms with Crippen LogP contribution >= 0.6 is 35.0 Å². The lowest BCUT2D eigenvalue weighted by molar-refractivity contribution is 1.42. The van der Waals surface area contributed by atoms with Gasteiger partial charge in [-0.2, -0.15) is 0 Å². The van der Waals surface area contributed by atoms with Crippen LogP contribution in [0, 0.1) is 0 Å². The van der Waals surface area contributed by atoms with Crippen LogP contribution in [0.25, 0.3) is 0 Å². The summed E-state index contributed by atoms with van der Waals surface area (Å²) >= 11 is 12.6. The van der Waals surface area contributed by atoms with Crippen molar-refractivity contribution in [1.29, 1.82) is 0 Å². The van der Waals surface area contributed by atoms with E-state index in [2.05, 4.69) is 12.1 Å². The van der Waals surface area contributed by atoms with E-state index in [1.165, 1.54) is 17.3 Å². The second-order valence-electron chi connectivity index (χ2n) is 2.06. The van der Waals surface area contributed by atoms with Crippen LogP contribution in [0.15, 0.2) is 30.3 Å². The molecule has 0 bridgehead atoms. The van der Waals surface area contributed by atoms with E-state index in [0.29, 0.717) is 0 Å². The lowest BCUT2D eigenvalue weighted by Gasteiger charge is -2.00. The van der Waals surface area contributed by atoms with Crippen LogP contribution < -0.4 is 0 Å². The minimum atomic E-state index is -0.324. The zero-order chi connectivity index (χ0) is 8.10. The summed E-state index contributed by atoms with van der Waals surface area (Å²) in [6.07, 6.45) is 0. The lowest BCUT2D eigenvalue weighted by atomic mass is 10.2. The summed E-state index contributed by atoms with van der Waals surface area (Å²) in [5.41, 5.74) is 1.25. The van der Waals surface area contributed by atoms with E-state index < -0.39 is 0 Å². The van der Waals surface area contributed by atoms with Gasteiger partial charge in [0.15, 0.2) is 4.17 Å². The highest BCUT2D eigenvalue weighted by Crippen LogP contribution is 2.23. The topological polar surface area (TPSA) is 0 Å². The van der Waals surface area contributed by atoms with Crippen LogP contribution in [0.4, 0.5) is 0 Å². The number of hydrogen-bond donors (Lipinski definition) is 0. The lowest BCUT2D eigenvalue weighted by Crippen LogP contribution is -1.82. The van der Waals surface area contributed by atoms with Gasteiger partial charge in [-0.1, -0.05) is 53.5 Å². The van der Waals surface area contributed by atoms with Gasteiger partial charge in [-0.3, -0.25) is 0 Å². The molecular formula is C8H8Cl2S. The standard InChI is InChI=1S/C8H8Cl2S/c9-8(10)11-6-7-4-2-1-3-5-7/h1-5,8H,6H2. The molecule has 1 aromatic carbocycles. The summed E-state index contributed by atoms with van der Waals surface area (Å²) < 4.78 is -0.324. The van der Waals surface area contributed by atoms with Gasteiger partial charge < -0.3 is 0 Å². The minimum absolute atomic E-state index is 0.324. The third-order valence-electron chi connectivity index (χ3n) is 1.22. The largest absolute Gasteiger partial charge is 0.153 e. The molecule has 0 radical (unpaired) electrons. The van der Waals surface area contributed by atoms with Crippen molar-refractivity contribution < 1.29 is 0 Å². The summed E-state index contributed by atoms with van der Waals surface area (Å²) in [5, 5.41) is 0. The van der Waals surface area contributed by atoms with E-state index in [-0.39, 0.29) is 4.17 Å². The van der Waals surface area contributed by atoms with E-state index in [1.807, 2.05) is 18.2 Å². The summed E-state index contributed by atoms with van der Waals surface area (Å²) in [7, 11) is 0. The molecule has 0 heterocycles. The maximum Gasteiger partial charge on any atom is 0.153 e. The van der Waals surface area contributed by atoms with Gasteiger partial charge in [-0.25, -0.2) is 0 Å². The fraction of sp³-hybridized carbons (Fsp3) is 0.250. The summed E-state index contributed by atoms with van der Waals surface area (Å²) in [6, 6.07) is 10.1. The molecule has 0 saturated heterocycles. The van der Waals surface area contributed by atoms with Crippen molar-refractivity contribution in [2.75, 3.05) is 0 Å². The summed E-state index contributed by atoms with van der Waals surface area (Å²) in [6.45, 7) is 0. The van der Waals surface area contributed by atoms with Gasteiger partial charge >= 0.3 is 0 Å². The summed E-state index contributed by atoms with van der Waals surface area (Å²) in [5.74, 6) is 0.874. The van der Waals surface area contributed by atoms with E-state index in [4.69, 9.17) is 23.2 Å². The van der Waals surface area contributed by atoms with Crippen molar-refractivity contribution in [2.45, 2.75) is 9.92 Å². The Morgan fingerprint density at radius 1 is 1.18 bits per heavy atom.